The van der Waals surface area contributed by atoms with Gasteiger partial charge in [0.05, 0.1) is 18.6 Å². The highest BCUT2D eigenvalue weighted by atomic mass is 32.1. The Morgan fingerprint density at radius 3 is 3.06 bits per heavy atom. The van der Waals surface area contributed by atoms with Crippen molar-refractivity contribution in [1.82, 2.24) is 25.1 Å². The lowest BCUT2D eigenvalue weighted by Crippen LogP contribution is -2.22. The average Bonchev–Trinajstić information content (AvgIpc) is 2.87. The van der Waals surface area contributed by atoms with Gasteiger partial charge in [-0.25, -0.2) is 9.67 Å². The van der Waals surface area contributed by atoms with Crippen LogP contribution in [0.25, 0.3) is 0 Å². The molecule has 6 heteroatoms. The van der Waals surface area contributed by atoms with E-state index in [0.717, 1.165) is 12.4 Å². The minimum atomic E-state index is 0.452. The summed E-state index contributed by atoms with van der Waals surface area (Å²) in [4.78, 5) is 9.46. The summed E-state index contributed by atoms with van der Waals surface area (Å²) in [6.07, 6.45) is 3.62. The Morgan fingerprint density at radius 2 is 2.38 bits per heavy atom. The molecule has 0 aliphatic heterocycles. The van der Waals surface area contributed by atoms with E-state index in [4.69, 9.17) is 0 Å². The van der Waals surface area contributed by atoms with Crippen LogP contribution in [-0.4, -0.2) is 25.8 Å². The van der Waals surface area contributed by atoms with E-state index >= 15 is 0 Å². The third-order valence-corrected chi connectivity index (χ3v) is 2.82. The topological polar surface area (TPSA) is 55.6 Å². The zero-order valence-electron chi connectivity index (χ0n) is 9.42. The molecule has 0 aliphatic carbocycles. The summed E-state index contributed by atoms with van der Waals surface area (Å²) in [6, 6.07) is 0.452. The maximum Gasteiger partial charge on any atom is 0.164 e. The van der Waals surface area contributed by atoms with Crippen LogP contribution in [0.4, 0.5) is 0 Å². The van der Waals surface area contributed by atoms with Crippen LogP contribution in [0.1, 0.15) is 24.5 Å². The molecular weight excluding hydrogens is 222 g/mol. The number of nitrogens with zero attached hydrogens (tertiary/aromatic N) is 4. The molecule has 2 aromatic heterocycles. The normalized spacial score (nSPS) is 11.2. The van der Waals surface area contributed by atoms with Crippen molar-refractivity contribution in [3.05, 3.63) is 28.7 Å². The molecule has 0 atom stereocenters. The van der Waals surface area contributed by atoms with Crippen LogP contribution in [0.3, 0.4) is 0 Å². The maximum absolute atomic E-state index is 4.38. The van der Waals surface area contributed by atoms with E-state index in [9.17, 15) is 0 Å². The van der Waals surface area contributed by atoms with E-state index in [1.54, 1.807) is 17.7 Å². The van der Waals surface area contributed by atoms with E-state index in [1.165, 1.54) is 4.88 Å². The Labute approximate surface area is 98.5 Å². The van der Waals surface area contributed by atoms with E-state index in [2.05, 4.69) is 34.2 Å². The molecule has 2 heterocycles. The molecule has 0 saturated carbocycles. The van der Waals surface area contributed by atoms with Gasteiger partial charge in [0.15, 0.2) is 5.82 Å². The molecule has 0 amide bonds. The first kappa shape index (κ1) is 11.2. The molecule has 0 aliphatic rings. The summed E-state index contributed by atoms with van der Waals surface area (Å²) in [7, 11) is 0. The van der Waals surface area contributed by atoms with E-state index in [1.807, 2.05) is 16.4 Å². The SMILES string of the molecule is CC(C)NCc1ncn(Cc2cncs2)n1. The van der Waals surface area contributed by atoms with Gasteiger partial charge >= 0.3 is 0 Å². The fourth-order valence-corrected chi connectivity index (χ4v) is 1.85. The van der Waals surface area contributed by atoms with Crippen molar-refractivity contribution in [2.24, 2.45) is 0 Å². The van der Waals surface area contributed by atoms with Gasteiger partial charge in [0, 0.05) is 17.1 Å². The molecule has 0 radical (unpaired) electrons. The van der Waals surface area contributed by atoms with Gasteiger partial charge in [-0.05, 0) is 0 Å². The lowest BCUT2D eigenvalue weighted by Gasteiger charge is -2.03. The van der Waals surface area contributed by atoms with Gasteiger partial charge in [-0.2, -0.15) is 5.10 Å². The first-order chi connectivity index (χ1) is 7.74. The lowest BCUT2D eigenvalue weighted by molar-refractivity contribution is 0.565. The Kier molecular flexibility index (Phi) is 3.63. The Balaban J connectivity index is 1.92. The minimum Gasteiger partial charge on any atom is -0.308 e. The predicted octanol–water partition coefficient (Wildman–Crippen LogP) is 1.28. The first-order valence-corrected chi connectivity index (χ1v) is 6.11. The number of aromatic nitrogens is 4. The summed E-state index contributed by atoms with van der Waals surface area (Å²) >= 11 is 1.63. The van der Waals surface area contributed by atoms with Crippen LogP contribution >= 0.6 is 11.3 Å². The molecule has 0 saturated heterocycles. The van der Waals surface area contributed by atoms with E-state index in [-0.39, 0.29) is 0 Å². The van der Waals surface area contributed by atoms with Crippen LogP contribution in [0, 0.1) is 0 Å². The van der Waals surface area contributed by atoms with Crippen molar-refractivity contribution in [1.29, 1.82) is 0 Å². The fourth-order valence-electron chi connectivity index (χ4n) is 1.27. The molecule has 0 spiro atoms. The number of hydrogen-bond acceptors (Lipinski definition) is 5. The minimum absolute atomic E-state index is 0.452. The summed E-state index contributed by atoms with van der Waals surface area (Å²) in [5, 5.41) is 7.66. The number of thiazole rings is 1. The highest BCUT2D eigenvalue weighted by Gasteiger charge is 2.03. The van der Waals surface area contributed by atoms with Gasteiger partial charge in [0.25, 0.3) is 0 Å². The van der Waals surface area contributed by atoms with Crippen LogP contribution < -0.4 is 5.32 Å². The maximum atomic E-state index is 4.38. The molecule has 86 valence electrons. The molecule has 1 N–H and O–H groups in total. The van der Waals surface area contributed by atoms with Crippen LogP contribution in [-0.2, 0) is 13.1 Å². The summed E-state index contributed by atoms with van der Waals surface area (Å²) in [5.41, 5.74) is 1.83. The number of hydrogen-bond donors (Lipinski definition) is 1. The molecule has 0 fully saturated rings. The number of rotatable bonds is 5. The van der Waals surface area contributed by atoms with Crippen LogP contribution in [0.15, 0.2) is 18.0 Å². The number of nitrogens with one attached hydrogen (secondary N) is 1. The standard InChI is InChI=1S/C10H15N5S/c1-8(2)12-4-10-13-6-15(14-10)5-9-3-11-7-16-9/h3,6-8,12H,4-5H2,1-2H3. The van der Waals surface area contributed by atoms with Gasteiger partial charge in [0.1, 0.15) is 6.33 Å². The molecule has 16 heavy (non-hydrogen) atoms. The summed E-state index contributed by atoms with van der Waals surface area (Å²) in [6.45, 7) is 5.68. The van der Waals surface area contributed by atoms with Crippen molar-refractivity contribution >= 4 is 11.3 Å². The zero-order chi connectivity index (χ0) is 11.4. The lowest BCUT2D eigenvalue weighted by atomic mass is 10.4. The van der Waals surface area contributed by atoms with E-state index in [0.29, 0.717) is 12.6 Å². The monoisotopic (exact) mass is 237 g/mol. The van der Waals surface area contributed by atoms with Crippen molar-refractivity contribution in [2.75, 3.05) is 0 Å². The zero-order valence-corrected chi connectivity index (χ0v) is 10.2. The molecule has 0 aromatic carbocycles. The van der Waals surface area contributed by atoms with Crippen molar-refractivity contribution in [3.63, 3.8) is 0 Å². The Morgan fingerprint density at radius 1 is 1.50 bits per heavy atom. The second kappa shape index (κ2) is 5.18. The van der Waals surface area contributed by atoms with Gasteiger partial charge in [-0.3, -0.25) is 4.98 Å². The van der Waals surface area contributed by atoms with Crippen molar-refractivity contribution in [2.45, 2.75) is 33.0 Å². The smallest absolute Gasteiger partial charge is 0.164 e. The fraction of sp³-hybridized carbons (Fsp3) is 0.500. The second-order valence-electron chi connectivity index (χ2n) is 3.86. The second-order valence-corrected chi connectivity index (χ2v) is 4.83. The highest BCUT2D eigenvalue weighted by Crippen LogP contribution is 2.06. The van der Waals surface area contributed by atoms with Gasteiger partial charge in [0.2, 0.25) is 0 Å². The van der Waals surface area contributed by atoms with Gasteiger partial charge in [-0.1, -0.05) is 13.8 Å². The molecule has 2 rings (SSSR count). The molecule has 5 nitrogen and oxygen atoms in total. The third kappa shape index (κ3) is 3.11. The molecule has 2 aromatic rings. The summed E-state index contributed by atoms with van der Waals surface area (Å²) in [5.74, 6) is 0.832. The third-order valence-electron chi connectivity index (χ3n) is 2.05. The van der Waals surface area contributed by atoms with Crippen LogP contribution in [0.5, 0.6) is 0 Å². The van der Waals surface area contributed by atoms with Gasteiger partial charge < -0.3 is 5.32 Å². The van der Waals surface area contributed by atoms with E-state index < -0.39 is 0 Å². The largest absolute Gasteiger partial charge is 0.308 e. The van der Waals surface area contributed by atoms with Crippen molar-refractivity contribution in [3.8, 4) is 0 Å². The summed E-state index contributed by atoms with van der Waals surface area (Å²) < 4.78 is 1.84. The Hall–Kier alpha value is -1.27. The predicted molar refractivity (Wildman–Crippen MR) is 63.2 cm³/mol. The average molecular weight is 237 g/mol. The Bertz CT molecular complexity index is 420. The highest BCUT2D eigenvalue weighted by molar-refractivity contribution is 7.09. The first-order valence-electron chi connectivity index (χ1n) is 5.23. The molecule has 0 unspecified atom stereocenters. The quantitative estimate of drug-likeness (QED) is 0.851. The van der Waals surface area contributed by atoms with Crippen molar-refractivity contribution < 1.29 is 0 Å². The molecule has 0 bridgehead atoms. The van der Waals surface area contributed by atoms with Gasteiger partial charge in [-0.15, -0.1) is 11.3 Å². The molecular formula is C10H15N5S. The van der Waals surface area contributed by atoms with Crippen LogP contribution in [0.2, 0.25) is 0 Å².